The Hall–Kier alpha value is -3.69. The van der Waals surface area contributed by atoms with Gasteiger partial charge in [-0.25, -0.2) is 4.79 Å². The largest absolute Gasteiger partial charge is 0.505 e. The number of morpholine rings is 1. The number of nitrogens with zero attached hydrogens (tertiary/aromatic N) is 5. The summed E-state index contributed by atoms with van der Waals surface area (Å²) in [7, 11) is 0. The van der Waals surface area contributed by atoms with Gasteiger partial charge >= 0.3 is 6.09 Å². The fourth-order valence-electron chi connectivity index (χ4n) is 7.55. The van der Waals surface area contributed by atoms with Gasteiger partial charge in [-0.05, 0) is 103 Å². The zero-order valence-corrected chi connectivity index (χ0v) is 37.1. The van der Waals surface area contributed by atoms with Crippen LogP contribution >= 0.6 is 0 Å². The number of aryl methyl sites for hydroxylation is 3. The predicted molar refractivity (Wildman–Crippen MR) is 225 cm³/mol. The summed E-state index contributed by atoms with van der Waals surface area (Å²) >= 11 is 0. The first-order valence-corrected chi connectivity index (χ1v) is 19.8. The van der Waals surface area contributed by atoms with E-state index in [0.29, 0.717) is 63.1 Å². The van der Waals surface area contributed by atoms with Gasteiger partial charge in [-0.15, -0.1) is 6.67 Å². The molecule has 0 aliphatic carbocycles. The number of rotatable bonds is 10. The number of benzene rings is 3. The Balaban J connectivity index is 0.000000243. The first-order valence-electron chi connectivity index (χ1n) is 19.8. The van der Waals surface area contributed by atoms with E-state index in [-0.39, 0.29) is 28.5 Å². The van der Waals surface area contributed by atoms with Gasteiger partial charge in [-0.2, -0.15) is 6.67 Å². The summed E-state index contributed by atoms with van der Waals surface area (Å²) in [5, 5.41) is 0. The monoisotopic (exact) mass is 930 g/mol. The summed E-state index contributed by atoms with van der Waals surface area (Å²) in [4.78, 5) is 22.5. The van der Waals surface area contributed by atoms with Crippen molar-refractivity contribution in [2.24, 2.45) is 0 Å². The Morgan fingerprint density at radius 2 is 1.07 bits per heavy atom. The quantitative estimate of drug-likeness (QED) is 0.148. The summed E-state index contributed by atoms with van der Waals surface area (Å²) in [6, 6.07) is 17.9. The number of amides is 1. The van der Waals surface area contributed by atoms with Crippen molar-refractivity contribution in [1.82, 2.24) is 9.80 Å². The van der Waals surface area contributed by atoms with Crippen LogP contribution in [-0.2, 0) is 31.9 Å². The first-order chi connectivity index (χ1) is 25.8. The van der Waals surface area contributed by atoms with E-state index in [1.807, 2.05) is 24.0 Å². The Morgan fingerprint density at radius 3 is 1.51 bits per heavy atom. The minimum absolute atomic E-state index is 0. The number of para-hydroxylation sites is 2. The van der Waals surface area contributed by atoms with Gasteiger partial charge in [0.15, 0.2) is 0 Å². The molecule has 6 rings (SSSR count). The van der Waals surface area contributed by atoms with Crippen molar-refractivity contribution in [1.29, 1.82) is 0 Å². The van der Waals surface area contributed by atoms with Crippen LogP contribution in [0.25, 0.3) is 0 Å². The Labute approximate surface area is 347 Å². The van der Waals surface area contributed by atoms with Crippen molar-refractivity contribution in [3.8, 4) is 0 Å². The van der Waals surface area contributed by atoms with Crippen LogP contribution in [-0.4, -0.2) is 55.3 Å². The van der Waals surface area contributed by atoms with E-state index in [1.165, 1.54) is 56.0 Å². The van der Waals surface area contributed by atoms with Gasteiger partial charge in [-0.3, -0.25) is 0 Å². The Morgan fingerprint density at radius 1 is 0.655 bits per heavy atom. The molecule has 3 heterocycles. The van der Waals surface area contributed by atoms with E-state index < -0.39 is 0 Å². The molecule has 0 saturated carbocycles. The Kier molecular flexibility index (Phi) is 16.0. The van der Waals surface area contributed by atoms with E-state index in [4.69, 9.17) is 9.47 Å². The summed E-state index contributed by atoms with van der Waals surface area (Å²) in [6.07, 6.45) is 8.21. The Bertz CT molecular complexity index is 1650. The normalized spacial score (nSPS) is 15.4. The average molecular weight is 931 g/mol. The zero-order chi connectivity index (χ0) is 39.1. The first kappa shape index (κ1) is 44.0. The molecule has 3 aliphatic heterocycles. The molecule has 9 heteroatoms. The molecule has 3 aliphatic rings. The fourth-order valence-corrected chi connectivity index (χ4v) is 7.55. The van der Waals surface area contributed by atoms with Gasteiger partial charge in [0.25, 0.3) is 0 Å². The van der Waals surface area contributed by atoms with Crippen LogP contribution in [0.15, 0.2) is 73.3 Å². The molecule has 303 valence electrons. The number of carbonyl (C=O) groups excluding carboxylic acids is 1. The summed E-state index contributed by atoms with van der Waals surface area (Å²) in [5.74, 6) is 1.92. The third kappa shape index (κ3) is 10.8. The van der Waals surface area contributed by atoms with Crippen LogP contribution in [0, 0.1) is 34.1 Å². The van der Waals surface area contributed by atoms with Gasteiger partial charge in [0, 0.05) is 59.1 Å². The van der Waals surface area contributed by atoms with Gasteiger partial charge in [-0.1, -0.05) is 109 Å². The molecular weight excluding hydrogens is 868 g/mol. The van der Waals surface area contributed by atoms with Crippen LogP contribution in [0.4, 0.5) is 21.9 Å². The minimum atomic E-state index is -0.256. The van der Waals surface area contributed by atoms with E-state index in [1.54, 1.807) is 4.90 Å². The third-order valence-electron chi connectivity index (χ3n) is 10.3. The SMILES string of the molecule is CC(C)c1cccc(C(C)C)c1N1C=CN(c2c(C(C)C)cccc2C(C)C)[CH-]1.Cc1cc(C)c(N2C=CN(CCOC(=O)N3CCOCC3)[CH-]2)c(C)c1.[Au]. The van der Waals surface area contributed by atoms with E-state index in [2.05, 4.69) is 158 Å². The molecule has 3 aromatic rings. The second kappa shape index (κ2) is 19.9. The van der Waals surface area contributed by atoms with Crippen molar-refractivity contribution in [3.63, 3.8) is 0 Å². The van der Waals surface area contributed by atoms with Crippen LogP contribution in [0.5, 0.6) is 0 Å². The molecule has 0 atom stereocenters. The van der Waals surface area contributed by atoms with Crippen molar-refractivity contribution in [2.45, 2.75) is 99.8 Å². The van der Waals surface area contributed by atoms with E-state index >= 15 is 0 Å². The summed E-state index contributed by atoms with van der Waals surface area (Å²) < 4.78 is 10.6. The van der Waals surface area contributed by atoms with Gasteiger partial charge in [0.05, 0.1) is 13.2 Å². The molecule has 1 fully saturated rings. The molecule has 55 heavy (non-hydrogen) atoms. The topological polar surface area (TPSA) is 51.7 Å². The second-order valence-electron chi connectivity index (χ2n) is 15.9. The maximum absolute atomic E-state index is 12.0. The van der Waals surface area contributed by atoms with Crippen LogP contribution < -0.4 is 14.7 Å². The average Bonchev–Trinajstić information content (AvgIpc) is 3.81. The van der Waals surface area contributed by atoms with E-state index in [9.17, 15) is 4.79 Å². The number of hydrogen-bond donors (Lipinski definition) is 0. The van der Waals surface area contributed by atoms with Crippen molar-refractivity contribution in [2.75, 3.05) is 54.2 Å². The number of ether oxygens (including phenoxy) is 2. The smallest absolute Gasteiger partial charge is 0.409 e. The molecule has 0 aromatic heterocycles. The maximum Gasteiger partial charge on any atom is 0.409 e. The number of anilines is 3. The maximum atomic E-state index is 12.0. The van der Waals surface area contributed by atoms with Gasteiger partial charge in [0.2, 0.25) is 0 Å². The predicted octanol–water partition coefficient (Wildman–Crippen LogP) is 10.9. The van der Waals surface area contributed by atoms with Gasteiger partial charge in [0.1, 0.15) is 6.61 Å². The third-order valence-corrected chi connectivity index (χ3v) is 10.3. The van der Waals surface area contributed by atoms with E-state index in [0.717, 1.165) is 0 Å². The number of carbonyl (C=O) groups is 1. The molecule has 1 radical (unpaired) electrons. The molecule has 8 nitrogen and oxygen atoms in total. The zero-order valence-electron chi connectivity index (χ0n) is 34.9. The molecule has 1 amide bonds. The molecule has 0 N–H and O–H groups in total. The van der Waals surface area contributed by atoms with Crippen molar-refractivity contribution < 1.29 is 36.6 Å². The molecular formula is C46H63AuN5O3-2. The molecule has 3 aromatic carbocycles. The summed E-state index contributed by atoms with van der Waals surface area (Å²) in [6.45, 7) is 32.3. The minimum Gasteiger partial charge on any atom is -0.505 e. The fraction of sp³-hybridized carbons (Fsp3) is 0.457. The molecule has 1 saturated heterocycles. The molecule has 0 bridgehead atoms. The molecule has 0 unspecified atom stereocenters. The summed E-state index contributed by atoms with van der Waals surface area (Å²) in [5.41, 5.74) is 13.3. The molecule has 0 spiro atoms. The van der Waals surface area contributed by atoms with Crippen LogP contribution in [0.1, 0.15) is 118 Å². The number of hydrogen-bond acceptors (Lipinski definition) is 7. The van der Waals surface area contributed by atoms with Crippen LogP contribution in [0.2, 0.25) is 0 Å². The second-order valence-corrected chi connectivity index (χ2v) is 15.9. The van der Waals surface area contributed by atoms with Crippen LogP contribution in [0.3, 0.4) is 0 Å². The van der Waals surface area contributed by atoms with Gasteiger partial charge < -0.3 is 34.0 Å². The standard InChI is InChI=1S/C27H37N2.C19H26N3O3.Au/c1-18(2)22-11-9-12-23(19(3)4)26(22)28-15-16-29(17-28)27-24(20(5)6)13-10-14-25(27)21(7)8;1-15-12-16(2)18(17(3)13-15)22-5-4-20(14-22)6-11-25-19(23)21-7-9-24-10-8-21;/h9-21H,1-8H3;4-5,12-14H,6-11H2,1-3H3;/q2*-1;. The van der Waals surface area contributed by atoms with Crippen molar-refractivity contribution >= 4 is 23.2 Å². The van der Waals surface area contributed by atoms with Crippen molar-refractivity contribution in [3.05, 3.63) is 126 Å².